The Morgan fingerprint density at radius 1 is 1.13 bits per heavy atom. The molecule has 1 saturated carbocycles. The van der Waals surface area contributed by atoms with Gasteiger partial charge in [-0.1, -0.05) is 40.0 Å². The van der Waals surface area contributed by atoms with E-state index in [1.54, 1.807) is 7.11 Å². The Morgan fingerprint density at radius 2 is 1.87 bits per heavy atom. The molecule has 1 amide bonds. The van der Waals surface area contributed by atoms with E-state index in [4.69, 9.17) is 4.74 Å². The maximum atomic E-state index is 13.4. The van der Waals surface area contributed by atoms with E-state index < -0.39 is 5.41 Å². The summed E-state index contributed by atoms with van der Waals surface area (Å²) in [7, 11) is 1.65. The zero-order valence-electron chi connectivity index (χ0n) is 18.6. The van der Waals surface area contributed by atoms with E-state index in [1.165, 1.54) is 37.0 Å². The third-order valence-electron chi connectivity index (χ3n) is 6.86. The molecule has 162 valence electrons. The molecule has 30 heavy (non-hydrogen) atoms. The summed E-state index contributed by atoms with van der Waals surface area (Å²) in [5, 5.41) is 0.979. The Kier molecular flexibility index (Phi) is 5.93. The Bertz CT molecular complexity index is 955. The van der Waals surface area contributed by atoms with Crippen molar-refractivity contribution in [3.8, 4) is 5.75 Å². The molecule has 0 radical (unpaired) electrons. The van der Waals surface area contributed by atoms with E-state index in [2.05, 4.69) is 4.90 Å². The second-order valence-electron chi connectivity index (χ2n) is 9.96. The standard InChI is InChI=1S/C25H33NO3S/c1-25(2,3)24(28)23-20(19-13-18(29-4)9-10-21(19)30-23)14-22(27)26-12-11-16-7-5-6-8-17(16)15-26/h9-10,13,16-17H,5-8,11-12,14-15H2,1-4H3. The van der Waals surface area contributed by atoms with Crippen molar-refractivity contribution in [2.24, 2.45) is 17.3 Å². The van der Waals surface area contributed by atoms with Gasteiger partial charge in [0.05, 0.1) is 18.4 Å². The minimum Gasteiger partial charge on any atom is -0.497 e. The average molecular weight is 428 g/mol. The second kappa shape index (κ2) is 8.33. The number of rotatable bonds is 4. The Hall–Kier alpha value is -1.88. The van der Waals surface area contributed by atoms with Crippen LogP contribution in [0.15, 0.2) is 18.2 Å². The van der Waals surface area contributed by atoms with Gasteiger partial charge in [0, 0.05) is 28.6 Å². The van der Waals surface area contributed by atoms with Crippen LogP contribution in [0.25, 0.3) is 10.1 Å². The number of hydrogen-bond donors (Lipinski definition) is 0. The molecule has 4 nitrogen and oxygen atoms in total. The Labute approximate surface area is 183 Å². The fourth-order valence-electron chi connectivity index (χ4n) is 5.04. The van der Waals surface area contributed by atoms with Crippen LogP contribution in [0, 0.1) is 17.3 Å². The monoisotopic (exact) mass is 427 g/mol. The van der Waals surface area contributed by atoms with Crippen molar-refractivity contribution in [1.29, 1.82) is 0 Å². The molecular formula is C25H33NO3S. The summed E-state index contributed by atoms with van der Waals surface area (Å²) in [6.07, 6.45) is 6.63. The van der Waals surface area contributed by atoms with Gasteiger partial charge in [0.2, 0.25) is 5.91 Å². The summed E-state index contributed by atoms with van der Waals surface area (Å²) in [4.78, 5) is 29.3. The number of carbonyl (C=O) groups is 2. The van der Waals surface area contributed by atoms with E-state index in [0.717, 1.165) is 51.7 Å². The summed E-state index contributed by atoms with van der Waals surface area (Å²) in [5.74, 6) is 2.48. The van der Waals surface area contributed by atoms with Crippen LogP contribution in [-0.2, 0) is 11.2 Å². The molecule has 1 aromatic heterocycles. The molecule has 1 aromatic carbocycles. The molecule has 2 fully saturated rings. The van der Waals surface area contributed by atoms with Gasteiger partial charge in [-0.3, -0.25) is 9.59 Å². The first kappa shape index (κ1) is 21.4. The number of fused-ring (bicyclic) bond motifs is 2. The minimum atomic E-state index is -0.483. The van der Waals surface area contributed by atoms with Gasteiger partial charge < -0.3 is 9.64 Å². The van der Waals surface area contributed by atoms with Crippen LogP contribution < -0.4 is 4.74 Å². The van der Waals surface area contributed by atoms with Crippen LogP contribution in [-0.4, -0.2) is 36.8 Å². The van der Waals surface area contributed by atoms with Crippen molar-refractivity contribution in [3.63, 3.8) is 0 Å². The van der Waals surface area contributed by atoms with Gasteiger partial charge >= 0.3 is 0 Å². The van der Waals surface area contributed by atoms with Crippen LogP contribution >= 0.6 is 11.3 Å². The SMILES string of the molecule is COc1ccc2sc(C(=O)C(C)(C)C)c(CC(=O)N3CCC4CCCCC4C3)c2c1. The van der Waals surface area contributed by atoms with Crippen molar-refractivity contribution in [2.75, 3.05) is 20.2 Å². The number of amides is 1. The van der Waals surface area contributed by atoms with E-state index in [-0.39, 0.29) is 11.7 Å². The number of likely N-dealkylation sites (tertiary alicyclic amines) is 1. The quantitative estimate of drug-likeness (QED) is 0.586. The molecule has 0 spiro atoms. The molecule has 1 aliphatic carbocycles. The van der Waals surface area contributed by atoms with Gasteiger partial charge in [0.15, 0.2) is 5.78 Å². The Balaban J connectivity index is 1.64. The van der Waals surface area contributed by atoms with Gasteiger partial charge in [0.25, 0.3) is 0 Å². The number of piperidine rings is 1. The van der Waals surface area contributed by atoms with Crippen LogP contribution in [0.1, 0.15) is 68.1 Å². The predicted octanol–water partition coefficient (Wildman–Crippen LogP) is 5.72. The van der Waals surface area contributed by atoms with Gasteiger partial charge in [-0.15, -0.1) is 11.3 Å². The molecule has 2 heterocycles. The molecule has 0 bridgehead atoms. The zero-order chi connectivity index (χ0) is 21.5. The lowest BCUT2D eigenvalue weighted by atomic mass is 9.75. The van der Waals surface area contributed by atoms with Crippen molar-refractivity contribution in [2.45, 2.75) is 59.3 Å². The summed E-state index contributed by atoms with van der Waals surface area (Å²) in [6.45, 7) is 7.57. The highest BCUT2D eigenvalue weighted by atomic mass is 32.1. The third-order valence-corrected chi connectivity index (χ3v) is 8.07. The minimum absolute atomic E-state index is 0.108. The van der Waals surface area contributed by atoms with E-state index >= 15 is 0 Å². The number of carbonyl (C=O) groups excluding carboxylic acids is 2. The Morgan fingerprint density at radius 3 is 2.57 bits per heavy atom. The molecule has 2 unspecified atom stereocenters. The largest absolute Gasteiger partial charge is 0.497 e. The molecule has 1 aliphatic heterocycles. The van der Waals surface area contributed by atoms with Crippen LogP contribution in [0.2, 0.25) is 0 Å². The fourth-order valence-corrected chi connectivity index (χ4v) is 6.40. The number of nitrogens with zero attached hydrogens (tertiary/aromatic N) is 1. The molecule has 2 atom stereocenters. The highest BCUT2D eigenvalue weighted by molar-refractivity contribution is 7.21. The maximum absolute atomic E-state index is 13.4. The van der Waals surface area contributed by atoms with Crippen molar-refractivity contribution >= 4 is 33.1 Å². The third kappa shape index (κ3) is 4.14. The van der Waals surface area contributed by atoms with Crippen molar-refractivity contribution in [3.05, 3.63) is 28.6 Å². The number of methoxy groups -OCH3 is 1. The number of ketones is 1. The summed E-state index contributed by atoms with van der Waals surface area (Å²) < 4.78 is 6.46. The zero-order valence-corrected chi connectivity index (χ0v) is 19.4. The highest BCUT2D eigenvalue weighted by Crippen LogP contribution is 2.39. The van der Waals surface area contributed by atoms with Crippen LogP contribution in [0.3, 0.4) is 0 Å². The average Bonchev–Trinajstić information content (AvgIpc) is 3.09. The normalized spacial score (nSPS) is 22.1. The molecule has 1 saturated heterocycles. The highest BCUT2D eigenvalue weighted by Gasteiger charge is 2.34. The molecular weight excluding hydrogens is 394 g/mol. The summed E-state index contributed by atoms with van der Waals surface area (Å²) in [6, 6.07) is 5.89. The van der Waals surface area contributed by atoms with Gasteiger partial charge in [-0.25, -0.2) is 0 Å². The smallest absolute Gasteiger partial charge is 0.227 e. The lowest BCUT2D eigenvalue weighted by Crippen LogP contribution is -2.45. The first-order chi connectivity index (χ1) is 14.3. The fraction of sp³-hybridized carbons (Fsp3) is 0.600. The first-order valence-corrected chi connectivity index (χ1v) is 12.0. The van der Waals surface area contributed by atoms with E-state index in [0.29, 0.717) is 12.3 Å². The first-order valence-electron chi connectivity index (χ1n) is 11.2. The number of benzene rings is 1. The molecule has 2 aliphatic rings. The number of Topliss-reactive ketones (excluding diaryl/α,β-unsaturated/α-hetero) is 1. The van der Waals surface area contributed by atoms with Gasteiger partial charge in [-0.05, 0) is 48.4 Å². The van der Waals surface area contributed by atoms with E-state index in [9.17, 15) is 9.59 Å². The van der Waals surface area contributed by atoms with Crippen LogP contribution in [0.4, 0.5) is 0 Å². The summed E-state index contributed by atoms with van der Waals surface area (Å²) >= 11 is 1.51. The second-order valence-corrected chi connectivity index (χ2v) is 11.0. The van der Waals surface area contributed by atoms with Gasteiger partial charge in [-0.2, -0.15) is 0 Å². The molecule has 5 heteroatoms. The number of hydrogen-bond acceptors (Lipinski definition) is 4. The van der Waals surface area contributed by atoms with E-state index in [1.807, 2.05) is 39.0 Å². The lowest BCUT2D eigenvalue weighted by Gasteiger charge is -2.41. The number of thiophene rings is 1. The van der Waals surface area contributed by atoms with Gasteiger partial charge in [0.1, 0.15) is 5.75 Å². The molecule has 2 aromatic rings. The predicted molar refractivity (Wildman–Crippen MR) is 123 cm³/mol. The summed E-state index contributed by atoms with van der Waals surface area (Å²) in [5.41, 5.74) is 0.396. The number of ether oxygens (including phenoxy) is 1. The maximum Gasteiger partial charge on any atom is 0.227 e. The lowest BCUT2D eigenvalue weighted by molar-refractivity contribution is -0.133. The molecule has 4 rings (SSSR count). The topological polar surface area (TPSA) is 46.6 Å². The van der Waals surface area contributed by atoms with Crippen LogP contribution in [0.5, 0.6) is 5.75 Å². The van der Waals surface area contributed by atoms with Crippen molar-refractivity contribution < 1.29 is 14.3 Å². The van der Waals surface area contributed by atoms with Crippen molar-refractivity contribution in [1.82, 2.24) is 4.90 Å². The molecule has 0 N–H and O–H groups in total.